The molecule has 0 spiro atoms. The summed E-state index contributed by atoms with van der Waals surface area (Å²) in [7, 11) is 0. The van der Waals surface area contributed by atoms with E-state index in [1.807, 2.05) is 6.08 Å². The second kappa shape index (κ2) is 49.2. The Morgan fingerprint density at radius 2 is 0.672 bits per heavy atom. The molecule has 1 atom stereocenters. The first-order valence-corrected chi connectivity index (χ1v) is 25.1. The van der Waals surface area contributed by atoms with Crippen LogP contribution in [-0.2, 0) is 28.6 Å². The maximum Gasteiger partial charge on any atom is 0.306 e. The lowest BCUT2D eigenvalue weighted by Gasteiger charge is -2.18. The van der Waals surface area contributed by atoms with Crippen molar-refractivity contribution in [3.63, 3.8) is 0 Å². The molecule has 348 valence electrons. The van der Waals surface area contributed by atoms with Gasteiger partial charge in [0.1, 0.15) is 13.2 Å². The van der Waals surface area contributed by atoms with Gasteiger partial charge in [0.2, 0.25) is 0 Å². The van der Waals surface area contributed by atoms with E-state index in [0.717, 1.165) is 96.3 Å². The van der Waals surface area contributed by atoms with Gasteiger partial charge in [0, 0.05) is 19.3 Å². The smallest absolute Gasteiger partial charge is 0.306 e. The summed E-state index contributed by atoms with van der Waals surface area (Å²) in [5, 5.41) is 0. The number of carbonyl (C=O) groups excluding carboxylic acids is 3. The summed E-state index contributed by atoms with van der Waals surface area (Å²) in [5.74, 6) is -1.03. The molecular weight excluding hydrogens is 757 g/mol. The molecule has 0 N–H and O–H groups in total. The Morgan fingerprint density at radius 1 is 0.344 bits per heavy atom. The van der Waals surface area contributed by atoms with Gasteiger partial charge in [0.25, 0.3) is 0 Å². The number of carbonyl (C=O) groups is 3. The SMILES string of the molecule is CC/C=C\C/C=C\C/C=C\C/C=C\CCCCCC(=O)OCC(COC(=O)CC/C=C\C/C=C\CCCCCCCC)OC(=O)CCCCC/C=C\CCCCCCCCC. The molecule has 0 heterocycles. The average Bonchev–Trinajstić information content (AvgIpc) is 3.26. The van der Waals surface area contributed by atoms with E-state index in [0.29, 0.717) is 12.8 Å². The van der Waals surface area contributed by atoms with E-state index >= 15 is 0 Å². The van der Waals surface area contributed by atoms with Gasteiger partial charge >= 0.3 is 17.9 Å². The zero-order valence-electron chi connectivity index (χ0n) is 39.7. The molecule has 0 aromatic carbocycles. The van der Waals surface area contributed by atoms with Crippen molar-refractivity contribution in [2.24, 2.45) is 0 Å². The van der Waals surface area contributed by atoms with Crippen LogP contribution >= 0.6 is 0 Å². The molecule has 0 aliphatic heterocycles. The minimum atomic E-state index is -0.819. The van der Waals surface area contributed by atoms with E-state index in [4.69, 9.17) is 14.2 Å². The highest BCUT2D eigenvalue weighted by atomic mass is 16.6. The molecule has 1 unspecified atom stereocenters. The molecule has 0 fully saturated rings. The largest absolute Gasteiger partial charge is 0.462 e. The van der Waals surface area contributed by atoms with E-state index in [9.17, 15) is 14.4 Å². The highest BCUT2D eigenvalue weighted by molar-refractivity contribution is 5.71. The first kappa shape index (κ1) is 57.6. The van der Waals surface area contributed by atoms with Gasteiger partial charge in [-0.05, 0) is 103 Å². The predicted octanol–water partition coefficient (Wildman–Crippen LogP) is 16.4. The van der Waals surface area contributed by atoms with Crippen molar-refractivity contribution in [3.8, 4) is 0 Å². The summed E-state index contributed by atoms with van der Waals surface area (Å²) in [4.78, 5) is 37.9. The summed E-state index contributed by atoms with van der Waals surface area (Å²) in [6, 6.07) is 0. The standard InChI is InChI=1S/C55H92O6/c1-4-7-10-13-16-19-22-25-27-28-31-33-36-39-42-45-48-54(57)60-51-52(50-59-53(56)47-44-41-38-35-32-29-24-21-18-15-12-9-6-3)61-55(58)49-46-43-40-37-34-30-26-23-20-17-14-11-8-5-2/h7,10,16,19,25,27,29-34,38,41,52H,4-6,8-9,11-15,17-18,20-24,26,28,35-37,39-40,42-51H2,1-3H3/b10-7-,19-16-,27-25-,32-29-,33-31-,34-30-,41-38-. The van der Waals surface area contributed by atoms with Crippen LogP contribution in [0.3, 0.4) is 0 Å². The van der Waals surface area contributed by atoms with Gasteiger partial charge < -0.3 is 14.2 Å². The van der Waals surface area contributed by atoms with Gasteiger partial charge in [0.05, 0.1) is 0 Å². The van der Waals surface area contributed by atoms with Crippen LogP contribution in [0, 0.1) is 0 Å². The third kappa shape index (κ3) is 47.5. The van der Waals surface area contributed by atoms with Crippen LogP contribution in [-0.4, -0.2) is 37.2 Å². The number of esters is 3. The lowest BCUT2D eigenvalue weighted by Crippen LogP contribution is -2.30. The number of hydrogen-bond acceptors (Lipinski definition) is 6. The molecule has 0 aromatic heterocycles. The van der Waals surface area contributed by atoms with E-state index < -0.39 is 6.10 Å². The van der Waals surface area contributed by atoms with Crippen LogP contribution in [0.15, 0.2) is 85.1 Å². The van der Waals surface area contributed by atoms with Gasteiger partial charge in [0.15, 0.2) is 6.10 Å². The van der Waals surface area contributed by atoms with Crippen LogP contribution in [0.1, 0.15) is 226 Å². The summed E-state index contributed by atoms with van der Waals surface area (Å²) in [6.45, 7) is 6.41. The highest BCUT2D eigenvalue weighted by Crippen LogP contribution is 2.12. The van der Waals surface area contributed by atoms with Crippen molar-refractivity contribution < 1.29 is 28.6 Å². The fraction of sp³-hybridized carbons (Fsp3) is 0.691. The number of rotatable bonds is 44. The van der Waals surface area contributed by atoms with Crippen molar-refractivity contribution >= 4 is 17.9 Å². The van der Waals surface area contributed by atoms with Crippen molar-refractivity contribution in [1.82, 2.24) is 0 Å². The minimum Gasteiger partial charge on any atom is -0.462 e. The third-order valence-electron chi connectivity index (χ3n) is 10.4. The van der Waals surface area contributed by atoms with Crippen molar-refractivity contribution in [3.05, 3.63) is 85.1 Å². The van der Waals surface area contributed by atoms with Crippen LogP contribution in [0.2, 0.25) is 0 Å². The first-order chi connectivity index (χ1) is 30.0. The Labute approximate surface area is 375 Å². The predicted molar refractivity (Wildman–Crippen MR) is 261 cm³/mol. The van der Waals surface area contributed by atoms with Gasteiger partial charge in [-0.2, -0.15) is 0 Å². The number of hydrogen-bond donors (Lipinski definition) is 0. The lowest BCUT2D eigenvalue weighted by atomic mass is 10.1. The summed E-state index contributed by atoms with van der Waals surface area (Å²) in [6.07, 6.45) is 62.9. The highest BCUT2D eigenvalue weighted by Gasteiger charge is 2.19. The van der Waals surface area contributed by atoms with Crippen LogP contribution < -0.4 is 0 Å². The first-order valence-electron chi connectivity index (χ1n) is 25.1. The van der Waals surface area contributed by atoms with Gasteiger partial charge in [-0.15, -0.1) is 0 Å². The molecule has 0 aromatic rings. The third-order valence-corrected chi connectivity index (χ3v) is 10.4. The average molecular weight is 849 g/mol. The topological polar surface area (TPSA) is 78.9 Å². The lowest BCUT2D eigenvalue weighted by molar-refractivity contribution is -0.166. The summed E-state index contributed by atoms with van der Waals surface area (Å²) < 4.78 is 16.7. The van der Waals surface area contributed by atoms with Crippen LogP contribution in [0.25, 0.3) is 0 Å². The Morgan fingerprint density at radius 3 is 1.11 bits per heavy atom. The minimum absolute atomic E-state index is 0.117. The van der Waals surface area contributed by atoms with E-state index in [2.05, 4.69) is 99.8 Å². The second-order valence-corrected chi connectivity index (χ2v) is 16.3. The Bertz CT molecular complexity index is 1200. The summed E-state index contributed by atoms with van der Waals surface area (Å²) >= 11 is 0. The zero-order chi connectivity index (χ0) is 44.4. The van der Waals surface area contributed by atoms with Gasteiger partial charge in [-0.3, -0.25) is 14.4 Å². The van der Waals surface area contributed by atoms with E-state index in [1.54, 1.807) is 0 Å². The van der Waals surface area contributed by atoms with Crippen LogP contribution in [0.5, 0.6) is 0 Å². The molecular formula is C55H92O6. The van der Waals surface area contributed by atoms with E-state index in [-0.39, 0.29) is 44.0 Å². The van der Waals surface area contributed by atoms with Gasteiger partial charge in [-0.25, -0.2) is 0 Å². The molecule has 6 nitrogen and oxygen atoms in total. The fourth-order valence-electron chi connectivity index (χ4n) is 6.60. The molecule has 0 saturated carbocycles. The number of unbranched alkanes of at least 4 members (excludes halogenated alkanes) is 19. The van der Waals surface area contributed by atoms with Crippen molar-refractivity contribution in [1.29, 1.82) is 0 Å². The normalized spacial score (nSPS) is 12.8. The van der Waals surface area contributed by atoms with Crippen molar-refractivity contribution in [2.45, 2.75) is 232 Å². The Balaban J connectivity index is 4.53. The molecule has 0 radical (unpaired) electrons. The molecule has 0 aliphatic carbocycles. The van der Waals surface area contributed by atoms with Gasteiger partial charge in [-0.1, -0.05) is 189 Å². The maximum absolute atomic E-state index is 12.8. The monoisotopic (exact) mass is 849 g/mol. The molecule has 0 bridgehead atoms. The number of ether oxygens (including phenoxy) is 3. The van der Waals surface area contributed by atoms with Crippen LogP contribution in [0.4, 0.5) is 0 Å². The fourth-order valence-corrected chi connectivity index (χ4v) is 6.60. The zero-order valence-corrected chi connectivity index (χ0v) is 39.7. The number of allylic oxidation sites excluding steroid dienone is 14. The van der Waals surface area contributed by atoms with E-state index in [1.165, 1.54) is 83.5 Å². The molecule has 0 amide bonds. The maximum atomic E-state index is 12.8. The van der Waals surface area contributed by atoms with Crippen molar-refractivity contribution in [2.75, 3.05) is 13.2 Å². The molecule has 6 heteroatoms. The molecule has 0 rings (SSSR count). The Kier molecular flexibility index (Phi) is 46.5. The quantitative estimate of drug-likeness (QED) is 0.0263. The second-order valence-electron chi connectivity index (χ2n) is 16.3. The molecule has 0 saturated heterocycles. The summed E-state index contributed by atoms with van der Waals surface area (Å²) in [5.41, 5.74) is 0. The Hall–Kier alpha value is -3.41. The molecule has 0 aliphatic rings. The molecule has 61 heavy (non-hydrogen) atoms.